The Morgan fingerprint density at radius 3 is 2.23 bits per heavy atom. The van der Waals surface area contributed by atoms with Crippen LogP contribution in [0.3, 0.4) is 0 Å². The number of rotatable bonds is 5. The van der Waals surface area contributed by atoms with Crippen LogP contribution in [0.2, 0.25) is 10.0 Å². The zero-order chi connectivity index (χ0) is 19.3. The average Bonchev–Trinajstić information content (AvgIpc) is 2.50. The fourth-order valence-corrected chi connectivity index (χ4v) is 3.63. The summed E-state index contributed by atoms with van der Waals surface area (Å²) in [6.45, 7) is 8.19. The third-order valence-corrected chi connectivity index (χ3v) is 4.67. The first-order valence-corrected chi connectivity index (χ1v) is 9.64. The Morgan fingerprint density at radius 1 is 1.12 bits per heavy atom. The number of likely N-dealkylation sites (tertiary alicyclic amines) is 1. The van der Waals surface area contributed by atoms with Crippen molar-refractivity contribution in [3.8, 4) is 0 Å². The Labute approximate surface area is 165 Å². The van der Waals surface area contributed by atoms with E-state index in [1.807, 2.05) is 20.8 Å². The van der Waals surface area contributed by atoms with E-state index >= 15 is 0 Å². The second-order valence-corrected chi connectivity index (χ2v) is 8.72. The molecule has 1 aromatic rings. The van der Waals surface area contributed by atoms with E-state index in [4.69, 9.17) is 23.2 Å². The summed E-state index contributed by atoms with van der Waals surface area (Å²) >= 11 is 12.0. The fourth-order valence-electron chi connectivity index (χ4n) is 3.06. The summed E-state index contributed by atoms with van der Waals surface area (Å²) in [6.07, 6.45) is 1.51. The fraction of sp³-hybridized carbons (Fsp3) is 0.579. The maximum absolute atomic E-state index is 12.4. The molecule has 1 fully saturated rings. The zero-order valence-electron chi connectivity index (χ0n) is 15.6. The summed E-state index contributed by atoms with van der Waals surface area (Å²) in [7, 11) is 0. The number of hydrogen-bond acceptors (Lipinski definition) is 3. The highest BCUT2D eigenvalue weighted by Crippen LogP contribution is 2.20. The van der Waals surface area contributed by atoms with Gasteiger partial charge in [0.1, 0.15) is 0 Å². The predicted molar refractivity (Wildman–Crippen MR) is 105 cm³/mol. The van der Waals surface area contributed by atoms with Gasteiger partial charge in [-0.25, -0.2) is 0 Å². The highest BCUT2D eigenvalue weighted by molar-refractivity contribution is 6.34. The van der Waals surface area contributed by atoms with Crippen LogP contribution in [0, 0.1) is 5.92 Å². The van der Waals surface area contributed by atoms with Crippen LogP contribution in [0.1, 0.15) is 39.2 Å². The lowest BCUT2D eigenvalue weighted by atomic mass is 9.95. The van der Waals surface area contributed by atoms with Gasteiger partial charge in [-0.3, -0.25) is 14.5 Å². The van der Waals surface area contributed by atoms with Gasteiger partial charge >= 0.3 is 0 Å². The topological polar surface area (TPSA) is 61.4 Å². The molecule has 1 saturated heterocycles. The Hall–Kier alpha value is -1.30. The molecule has 1 aliphatic rings. The molecule has 1 heterocycles. The summed E-state index contributed by atoms with van der Waals surface area (Å²) < 4.78 is 0. The number of amides is 2. The van der Waals surface area contributed by atoms with Crippen LogP contribution in [0.15, 0.2) is 18.2 Å². The summed E-state index contributed by atoms with van der Waals surface area (Å²) in [5.41, 5.74) is 0.658. The van der Waals surface area contributed by atoms with Crippen molar-refractivity contribution in [2.24, 2.45) is 5.92 Å². The molecule has 26 heavy (non-hydrogen) atoms. The number of halogens is 2. The van der Waals surface area contributed by atoms with Crippen LogP contribution >= 0.6 is 23.2 Å². The summed E-state index contributed by atoms with van der Waals surface area (Å²) in [6, 6.07) is 5.26. The van der Waals surface area contributed by atoms with Crippen LogP contribution < -0.4 is 10.6 Å². The van der Waals surface area contributed by atoms with Crippen LogP contribution in [0.4, 0.5) is 0 Å². The molecule has 2 N–H and O–H groups in total. The van der Waals surface area contributed by atoms with Gasteiger partial charge in [0.05, 0.1) is 6.54 Å². The Balaban J connectivity index is 1.75. The Kier molecular flexibility index (Phi) is 7.33. The Morgan fingerprint density at radius 2 is 1.69 bits per heavy atom. The third-order valence-electron chi connectivity index (χ3n) is 4.23. The molecule has 0 saturated carbocycles. The third kappa shape index (κ3) is 7.14. The molecule has 0 aromatic heterocycles. The van der Waals surface area contributed by atoms with E-state index in [0.717, 1.165) is 31.5 Å². The lowest BCUT2D eigenvalue weighted by Crippen LogP contribution is -2.48. The minimum Gasteiger partial charge on any atom is -0.352 e. The van der Waals surface area contributed by atoms with Crippen LogP contribution in [-0.2, 0) is 16.1 Å². The van der Waals surface area contributed by atoms with Crippen molar-refractivity contribution in [2.75, 3.05) is 19.6 Å². The molecule has 0 aliphatic carbocycles. The van der Waals surface area contributed by atoms with Gasteiger partial charge < -0.3 is 10.6 Å². The maximum atomic E-state index is 12.4. The van der Waals surface area contributed by atoms with Gasteiger partial charge in [-0.1, -0.05) is 23.2 Å². The van der Waals surface area contributed by atoms with E-state index in [2.05, 4.69) is 15.5 Å². The molecule has 2 amide bonds. The molecule has 7 heteroatoms. The predicted octanol–water partition coefficient (Wildman–Crippen LogP) is 3.24. The van der Waals surface area contributed by atoms with Gasteiger partial charge in [0.25, 0.3) is 0 Å². The first-order chi connectivity index (χ1) is 12.1. The summed E-state index contributed by atoms with van der Waals surface area (Å²) in [5, 5.41) is 7.04. The Bertz CT molecular complexity index is 630. The van der Waals surface area contributed by atoms with E-state index in [0.29, 0.717) is 23.1 Å². The van der Waals surface area contributed by atoms with E-state index in [1.165, 1.54) is 0 Å². The molecular weight excluding hydrogens is 373 g/mol. The molecule has 0 unspecified atom stereocenters. The molecular formula is C19H27Cl2N3O2. The lowest BCUT2D eigenvalue weighted by molar-refractivity contribution is -0.127. The van der Waals surface area contributed by atoms with Gasteiger partial charge in [-0.05, 0) is 70.5 Å². The SMILES string of the molecule is CC(C)(C)NC(=O)CN1CCC(C(=O)NCc2cc(Cl)cc(Cl)c2)CC1. The van der Waals surface area contributed by atoms with Crippen LogP contribution in [0.5, 0.6) is 0 Å². The smallest absolute Gasteiger partial charge is 0.234 e. The molecule has 0 bridgehead atoms. The number of benzene rings is 1. The van der Waals surface area contributed by atoms with E-state index < -0.39 is 0 Å². The van der Waals surface area contributed by atoms with E-state index in [-0.39, 0.29) is 23.3 Å². The number of nitrogens with zero attached hydrogens (tertiary/aromatic N) is 1. The molecule has 1 aromatic carbocycles. The first-order valence-electron chi connectivity index (χ1n) is 8.88. The minimum atomic E-state index is -0.224. The second kappa shape index (κ2) is 9.07. The molecule has 5 nitrogen and oxygen atoms in total. The molecule has 0 radical (unpaired) electrons. The number of piperidine rings is 1. The van der Waals surface area contributed by atoms with Gasteiger partial charge in [0, 0.05) is 28.0 Å². The normalized spacial score (nSPS) is 16.3. The first kappa shape index (κ1) is 21.0. The van der Waals surface area contributed by atoms with Gasteiger partial charge in [-0.2, -0.15) is 0 Å². The number of carbonyl (C=O) groups excluding carboxylic acids is 2. The average molecular weight is 400 g/mol. The minimum absolute atomic E-state index is 0.0217. The van der Waals surface area contributed by atoms with Crippen molar-refractivity contribution in [1.82, 2.24) is 15.5 Å². The van der Waals surface area contributed by atoms with Crippen LogP contribution in [-0.4, -0.2) is 41.9 Å². The van der Waals surface area contributed by atoms with Crippen molar-refractivity contribution in [3.05, 3.63) is 33.8 Å². The van der Waals surface area contributed by atoms with E-state index in [1.54, 1.807) is 18.2 Å². The molecule has 1 aliphatic heterocycles. The second-order valence-electron chi connectivity index (χ2n) is 7.84. The lowest BCUT2D eigenvalue weighted by Gasteiger charge is -2.31. The van der Waals surface area contributed by atoms with Crippen molar-refractivity contribution in [3.63, 3.8) is 0 Å². The molecule has 0 atom stereocenters. The van der Waals surface area contributed by atoms with Gasteiger partial charge in [0.2, 0.25) is 11.8 Å². The van der Waals surface area contributed by atoms with Crippen molar-refractivity contribution < 1.29 is 9.59 Å². The molecule has 0 spiro atoms. The number of carbonyl (C=O) groups is 2. The quantitative estimate of drug-likeness (QED) is 0.798. The maximum Gasteiger partial charge on any atom is 0.234 e. The van der Waals surface area contributed by atoms with Gasteiger partial charge in [-0.15, -0.1) is 0 Å². The molecule has 2 rings (SSSR count). The monoisotopic (exact) mass is 399 g/mol. The number of hydrogen-bond donors (Lipinski definition) is 2. The largest absolute Gasteiger partial charge is 0.352 e. The zero-order valence-corrected chi connectivity index (χ0v) is 17.1. The van der Waals surface area contributed by atoms with Crippen molar-refractivity contribution >= 4 is 35.0 Å². The van der Waals surface area contributed by atoms with E-state index in [9.17, 15) is 9.59 Å². The van der Waals surface area contributed by atoms with Gasteiger partial charge in [0.15, 0.2) is 0 Å². The highest BCUT2D eigenvalue weighted by Gasteiger charge is 2.26. The summed E-state index contributed by atoms with van der Waals surface area (Å²) in [4.78, 5) is 26.5. The summed E-state index contributed by atoms with van der Waals surface area (Å²) in [5.74, 6) is 0.0460. The highest BCUT2D eigenvalue weighted by atomic mass is 35.5. The number of nitrogens with one attached hydrogen (secondary N) is 2. The van der Waals surface area contributed by atoms with Crippen molar-refractivity contribution in [2.45, 2.75) is 45.7 Å². The van der Waals surface area contributed by atoms with Crippen LogP contribution in [0.25, 0.3) is 0 Å². The standard InChI is InChI=1S/C19H27Cl2N3O2/c1-19(2,3)23-17(25)12-24-6-4-14(5-7-24)18(26)22-11-13-8-15(20)10-16(21)9-13/h8-10,14H,4-7,11-12H2,1-3H3,(H,22,26)(H,23,25). The van der Waals surface area contributed by atoms with Crippen molar-refractivity contribution in [1.29, 1.82) is 0 Å². The molecule has 144 valence electrons.